The molecule has 0 aliphatic carbocycles. The first-order valence-electron chi connectivity index (χ1n) is 5.19. The van der Waals surface area contributed by atoms with Crippen molar-refractivity contribution in [3.05, 3.63) is 40.8 Å². The summed E-state index contributed by atoms with van der Waals surface area (Å²) in [5.74, 6) is -1.66. The molecule has 0 bridgehead atoms. The summed E-state index contributed by atoms with van der Waals surface area (Å²) in [6.07, 6.45) is 1.000. The van der Waals surface area contributed by atoms with Gasteiger partial charge in [0.1, 0.15) is 16.6 Å². The maximum absolute atomic E-state index is 13.0. The number of Topliss-reactive ketones (excluding diaryl/α,β-unsaturated/α-hetero) is 1. The summed E-state index contributed by atoms with van der Waals surface area (Å²) >= 11 is 11.2. The number of carbonyl (C=O) groups excluding carboxylic acids is 2. The fourth-order valence-electron chi connectivity index (χ4n) is 1.44. The Bertz CT molecular complexity index is 626. The minimum absolute atomic E-state index is 0.106. The highest BCUT2D eigenvalue weighted by molar-refractivity contribution is 6.67. The highest BCUT2D eigenvalue weighted by Crippen LogP contribution is 2.20. The molecule has 1 aromatic carbocycles. The molecular weight excluding hydrogens is 294 g/mol. The van der Waals surface area contributed by atoms with Crippen molar-refractivity contribution in [2.24, 2.45) is 4.99 Å². The first kappa shape index (κ1) is 13.7. The monoisotopic (exact) mass is 300 g/mol. The van der Waals surface area contributed by atoms with E-state index in [2.05, 4.69) is 10.3 Å². The average molecular weight is 301 g/mol. The molecule has 0 atom stereocenters. The van der Waals surface area contributed by atoms with Crippen molar-refractivity contribution in [3.8, 4) is 0 Å². The number of aliphatic imine (C=N–C) groups is 1. The molecule has 0 radical (unpaired) electrons. The van der Waals surface area contributed by atoms with Crippen LogP contribution in [0, 0.1) is 5.82 Å². The van der Waals surface area contributed by atoms with Crippen LogP contribution in [-0.2, 0) is 9.59 Å². The van der Waals surface area contributed by atoms with Crippen LogP contribution in [0.5, 0.6) is 0 Å². The van der Waals surface area contributed by atoms with Crippen molar-refractivity contribution >= 4 is 45.8 Å². The van der Waals surface area contributed by atoms with Crippen molar-refractivity contribution in [1.29, 1.82) is 0 Å². The van der Waals surface area contributed by atoms with Crippen LogP contribution >= 0.6 is 23.2 Å². The Labute approximate surface area is 117 Å². The van der Waals surface area contributed by atoms with Gasteiger partial charge in [0.15, 0.2) is 5.78 Å². The molecular formula is C12H7Cl2FN2O2. The number of benzene rings is 1. The first-order chi connectivity index (χ1) is 8.97. The Kier molecular flexibility index (Phi) is 3.97. The summed E-state index contributed by atoms with van der Waals surface area (Å²) in [6, 6.07) is 3.70. The number of halogens is 3. The number of carbonyl (C=O) groups is 2. The van der Waals surface area contributed by atoms with Gasteiger partial charge in [0.05, 0.1) is 11.4 Å². The zero-order chi connectivity index (χ0) is 14.0. The molecule has 0 fully saturated rings. The average Bonchev–Trinajstić information content (AvgIpc) is 2.33. The molecule has 0 unspecified atom stereocenters. The predicted molar refractivity (Wildman–Crippen MR) is 71.0 cm³/mol. The lowest BCUT2D eigenvalue weighted by molar-refractivity contribution is -0.119. The zero-order valence-electron chi connectivity index (χ0n) is 9.41. The summed E-state index contributed by atoms with van der Waals surface area (Å²) in [7, 11) is 0. The van der Waals surface area contributed by atoms with Crippen molar-refractivity contribution in [3.63, 3.8) is 0 Å². The molecule has 0 spiro atoms. The lowest BCUT2D eigenvalue weighted by Gasteiger charge is -2.10. The lowest BCUT2D eigenvalue weighted by atomic mass is 10.1. The van der Waals surface area contributed by atoms with Gasteiger partial charge < -0.3 is 5.32 Å². The summed E-state index contributed by atoms with van der Waals surface area (Å²) < 4.78 is 13.0. The molecule has 4 nitrogen and oxygen atoms in total. The zero-order valence-corrected chi connectivity index (χ0v) is 10.9. The lowest BCUT2D eigenvalue weighted by Crippen LogP contribution is -2.23. The van der Waals surface area contributed by atoms with Gasteiger partial charge in [-0.3, -0.25) is 9.59 Å². The molecule has 7 heteroatoms. The van der Waals surface area contributed by atoms with Crippen molar-refractivity contribution in [2.45, 2.75) is 6.42 Å². The fourth-order valence-corrected chi connectivity index (χ4v) is 1.79. The van der Waals surface area contributed by atoms with E-state index < -0.39 is 17.5 Å². The normalized spacial score (nSPS) is 14.8. The van der Waals surface area contributed by atoms with E-state index in [0.717, 1.165) is 12.3 Å². The Balaban J connectivity index is 2.17. The molecule has 0 aromatic heterocycles. The highest BCUT2D eigenvalue weighted by atomic mass is 35.5. The van der Waals surface area contributed by atoms with E-state index in [4.69, 9.17) is 23.2 Å². The minimum atomic E-state index is -0.638. The van der Waals surface area contributed by atoms with Gasteiger partial charge in [-0.25, -0.2) is 9.38 Å². The molecule has 0 saturated carbocycles. The molecule has 1 aromatic rings. The van der Waals surface area contributed by atoms with E-state index in [1.807, 2.05) is 0 Å². The molecule has 19 heavy (non-hydrogen) atoms. The van der Waals surface area contributed by atoms with Crippen molar-refractivity contribution in [2.75, 3.05) is 5.32 Å². The van der Waals surface area contributed by atoms with Crippen LogP contribution in [0.4, 0.5) is 10.1 Å². The van der Waals surface area contributed by atoms with Crippen LogP contribution in [0.2, 0.25) is 5.02 Å². The van der Waals surface area contributed by atoms with Crippen molar-refractivity contribution < 1.29 is 14.0 Å². The SMILES string of the molecule is O=C1CC(Cl)=NC=C1C(=O)Nc1ccc(F)c(Cl)c1. The second-order valence-corrected chi connectivity index (χ2v) is 4.57. The molecule has 2 rings (SSSR count). The largest absolute Gasteiger partial charge is 0.322 e. The second-order valence-electron chi connectivity index (χ2n) is 3.73. The second kappa shape index (κ2) is 5.50. The van der Waals surface area contributed by atoms with E-state index in [9.17, 15) is 14.0 Å². The molecule has 1 aliphatic heterocycles. The number of nitrogens with zero attached hydrogens (tertiary/aromatic N) is 1. The van der Waals surface area contributed by atoms with Gasteiger partial charge in [-0.15, -0.1) is 0 Å². The van der Waals surface area contributed by atoms with Crippen LogP contribution in [0.25, 0.3) is 0 Å². The Morgan fingerprint density at radius 2 is 2.11 bits per heavy atom. The third-order valence-electron chi connectivity index (χ3n) is 2.36. The molecule has 1 amide bonds. The third-order valence-corrected chi connectivity index (χ3v) is 2.88. The number of anilines is 1. The maximum Gasteiger partial charge on any atom is 0.260 e. The Morgan fingerprint density at radius 3 is 2.74 bits per heavy atom. The number of hydrogen-bond acceptors (Lipinski definition) is 3. The summed E-state index contributed by atoms with van der Waals surface area (Å²) in [5.41, 5.74) is 0.176. The van der Waals surface area contributed by atoms with E-state index in [0.29, 0.717) is 0 Å². The molecule has 1 heterocycles. The molecule has 0 saturated heterocycles. The molecule has 1 aliphatic rings. The van der Waals surface area contributed by atoms with Gasteiger partial charge in [0, 0.05) is 11.9 Å². The van der Waals surface area contributed by atoms with Crippen LogP contribution in [-0.4, -0.2) is 16.9 Å². The van der Waals surface area contributed by atoms with E-state index in [1.54, 1.807) is 0 Å². The van der Waals surface area contributed by atoms with Gasteiger partial charge >= 0.3 is 0 Å². The number of hydrogen-bond donors (Lipinski definition) is 1. The molecule has 98 valence electrons. The third kappa shape index (κ3) is 3.19. The van der Waals surface area contributed by atoms with Gasteiger partial charge in [-0.1, -0.05) is 23.2 Å². The number of rotatable bonds is 2. The smallest absolute Gasteiger partial charge is 0.260 e. The topological polar surface area (TPSA) is 58.5 Å². The number of nitrogens with one attached hydrogen (secondary N) is 1. The van der Waals surface area contributed by atoms with Crippen LogP contribution in [0.1, 0.15) is 6.42 Å². The number of amides is 1. The van der Waals surface area contributed by atoms with Crippen molar-refractivity contribution in [1.82, 2.24) is 0 Å². The van der Waals surface area contributed by atoms with E-state index >= 15 is 0 Å². The highest BCUT2D eigenvalue weighted by Gasteiger charge is 2.22. The standard InChI is InChI=1S/C12H7Cl2FN2O2/c13-8-3-6(1-2-9(8)15)17-12(19)7-5-16-11(14)4-10(7)18/h1-3,5H,4H2,(H,17,19). The van der Waals surface area contributed by atoms with E-state index in [1.165, 1.54) is 12.1 Å². The Morgan fingerprint density at radius 1 is 1.37 bits per heavy atom. The first-order valence-corrected chi connectivity index (χ1v) is 5.95. The van der Waals surface area contributed by atoms with Gasteiger partial charge in [-0.05, 0) is 18.2 Å². The van der Waals surface area contributed by atoms with Crippen LogP contribution in [0.3, 0.4) is 0 Å². The predicted octanol–water partition coefficient (Wildman–Crippen LogP) is 2.91. The van der Waals surface area contributed by atoms with Gasteiger partial charge in [0.25, 0.3) is 5.91 Å². The Hall–Kier alpha value is -1.72. The summed E-state index contributed by atoms with van der Waals surface area (Å²) in [5, 5.41) is 2.44. The van der Waals surface area contributed by atoms with E-state index in [-0.39, 0.29) is 27.9 Å². The van der Waals surface area contributed by atoms with Gasteiger partial charge in [-0.2, -0.15) is 0 Å². The fraction of sp³-hybridized carbons (Fsp3) is 0.0833. The minimum Gasteiger partial charge on any atom is -0.322 e. The summed E-state index contributed by atoms with van der Waals surface area (Å²) in [4.78, 5) is 27.1. The summed E-state index contributed by atoms with van der Waals surface area (Å²) in [6.45, 7) is 0. The van der Waals surface area contributed by atoms with Crippen LogP contribution < -0.4 is 5.32 Å². The van der Waals surface area contributed by atoms with Gasteiger partial charge in [0.2, 0.25) is 0 Å². The quantitative estimate of drug-likeness (QED) is 0.854. The number of ketones is 1. The molecule has 1 N–H and O–H groups in total. The van der Waals surface area contributed by atoms with Crippen LogP contribution in [0.15, 0.2) is 35.0 Å². The maximum atomic E-state index is 13.0.